The van der Waals surface area contributed by atoms with Gasteiger partial charge >= 0.3 is 0 Å². The van der Waals surface area contributed by atoms with Crippen LogP contribution in [0, 0.1) is 5.92 Å². The fraction of sp³-hybridized carbons (Fsp3) is 0.480. The Bertz CT molecular complexity index is 1050. The number of hydrogen-bond acceptors (Lipinski definition) is 5. The van der Waals surface area contributed by atoms with Crippen molar-refractivity contribution in [3.63, 3.8) is 0 Å². The summed E-state index contributed by atoms with van der Waals surface area (Å²) in [6, 6.07) is 14.6. The maximum absolute atomic E-state index is 13.1. The van der Waals surface area contributed by atoms with Gasteiger partial charge in [0.25, 0.3) is 0 Å². The maximum atomic E-state index is 13.1. The van der Waals surface area contributed by atoms with E-state index in [2.05, 4.69) is 22.3 Å². The Morgan fingerprint density at radius 2 is 1.70 bits per heavy atom. The Balaban J connectivity index is 1.37. The van der Waals surface area contributed by atoms with Crippen LogP contribution in [0.4, 0.5) is 0 Å². The summed E-state index contributed by atoms with van der Waals surface area (Å²) in [6.45, 7) is 4.25. The number of methoxy groups -OCH3 is 1. The average Bonchev–Trinajstić information content (AvgIpc) is 3.36. The number of hydrogen-bond donors (Lipinski definition) is 1. The molecular weight excluding hydrogens is 438 g/mol. The molecule has 1 N–H and O–H groups in total. The van der Waals surface area contributed by atoms with Crippen LogP contribution in [0.25, 0.3) is 0 Å². The molecule has 2 aliphatic rings. The molecule has 0 spiro atoms. The van der Waals surface area contributed by atoms with Gasteiger partial charge in [-0.05, 0) is 74.2 Å². The number of carbonyl (C=O) groups is 1. The third kappa shape index (κ3) is 5.75. The van der Waals surface area contributed by atoms with Crippen LogP contribution in [-0.2, 0) is 27.9 Å². The Hall–Kier alpha value is -2.42. The van der Waals surface area contributed by atoms with Crippen LogP contribution in [0.2, 0.25) is 0 Å². The molecule has 33 heavy (non-hydrogen) atoms. The van der Waals surface area contributed by atoms with Crippen LogP contribution in [0.5, 0.6) is 5.75 Å². The van der Waals surface area contributed by atoms with E-state index in [-0.39, 0.29) is 23.3 Å². The fourth-order valence-corrected chi connectivity index (χ4v) is 6.19. The zero-order valence-corrected chi connectivity index (χ0v) is 20.0. The first-order valence-electron chi connectivity index (χ1n) is 11.7. The monoisotopic (exact) mass is 471 g/mol. The van der Waals surface area contributed by atoms with E-state index in [1.165, 1.54) is 22.7 Å². The molecule has 0 saturated carbocycles. The second-order valence-electron chi connectivity index (χ2n) is 8.85. The largest absolute Gasteiger partial charge is 0.497 e. The highest BCUT2D eigenvalue weighted by molar-refractivity contribution is 7.89. The van der Waals surface area contributed by atoms with Gasteiger partial charge in [0.1, 0.15) is 5.75 Å². The molecule has 0 radical (unpaired) electrons. The number of nitrogens with one attached hydrogen (secondary N) is 1. The zero-order chi connectivity index (χ0) is 23.3. The number of carbonyl (C=O) groups excluding carboxylic acids is 1. The molecule has 8 heteroatoms. The van der Waals surface area contributed by atoms with Crippen LogP contribution in [-0.4, -0.2) is 56.8 Å². The van der Waals surface area contributed by atoms with E-state index in [9.17, 15) is 13.2 Å². The minimum absolute atomic E-state index is 0.0828. The van der Waals surface area contributed by atoms with E-state index in [1.54, 1.807) is 31.4 Å². The van der Waals surface area contributed by atoms with Gasteiger partial charge in [0.2, 0.25) is 15.9 Å². The molecule has 2 saturated heterocycles. The number of sulfonamides is 1. The predicted molar refractivity (Wildman–Crippen MR) is 127 cm³/mol. The van der Waals surface area contributed by atoms with Gasteiger partial charge in [-0.2, -0.15) is 4.31 Å². The van der Waals surface area contributed by atoms with E-state index in [0.717, 1.165) is 25.2 Å². The number of ether oxygens (including phenoxy) is 1. The molecule has 2 aliphatic heterocycles. The van der Waals surface area contributed by atoms with Crippen molar-refractivity contribution in [2.24, 2.45) is 5.92 Å². The highest BCUT2D eigenvalue weighted by Gasteiger charge is 2.33. The molecule has 0 aromatic heterocycles. The molecule has 0 bridgehead atoms. The van der Waals surface area contributed by atoms with Gasteiger partial charge in [0.15, 0.2) is 0 Å². The topological polar surface area (TPSA) is 79.0 Å². The summed E-state index contributed by atoms with van der Waals surface area (Å²) in [6.07, 6.45) is 3.85. The van der Waals surface area contributed by atoms with Crippen molar-refractivity contribution in [2.45, 2.75) is 43.7 Å². The number of piperidine rings is 1. The first-order valence-corrected chi connectivity index (χ1v) is 13.1. The van der Waals surface area contributed by atoms with E-state index in [0.29, 0.717) is 31.7 Å². The molecule has 1 atom stereocenters. The van der Waals surface area contributed by atoms with Gasteiger partial charge in [-0.25, -0.2) is 8.42 Å². The van der Waals surface area contributed by atoms with Crippen LogP contribution in [0.15, 0.2) is 53.4 Å². The Morgan fingerprint density at radius 1 is 1.00 bits per heavy atom. The average molecular weight is 472 g/mol. The van der Waals surface area contributed by atoms with Crippen molar-refractivity contribution in [3.05, 3.63) is 59.7 Å². The highest BCUT2D eigenvalue weighted by atomic mass is 32.2. The Labute approximate surface area is 196 Å². The predicted octanol–water partition coefficient (Wildman–Crippen LogP) is 3.01. The summed E-state index contributed by atoms with van der Waals surface area (Å²) in [5.41, 5.74) is 2.36. The van der Waals surface area contributed by atoms with Crippen LogP contribution < -0.4 is 10.1 Å². The Kier molecular flexibility index (Phi) is 7.67. The lowest BCUT2D eigenvalue weighted by Crippen LogP contribution is -2.45. The molecule has 2 heterocycles. The van der Waals surface area contributed by atoms with E-state index in [4.69, 9.17) is 4.74 Å². The molecule has 2 fully saturated rings. The normalized spacial score (nSPS) is 20.0. The van der Waals surface area contributed by atoms with Crippen molar-refractivity contribution in [3.8, 4) is 5.75 Å². The van der Waals surface area contributed by atoms with Gasteiger partial charge in [0, 0.05) is 26.2 Å². The van der Waals surface area contributed by atoms with Crippen molar-refractivity contribution >= 4 is 15.9 Å². The standard InChI is InChI=1S/C25H33N3O4S/c1-32-23-10-12-24(13-11-23)33(30,31)28-16-6-9-22(19-28)25(29)26-17-20-7-2-3-8-21(20)18-27-14-4-5-15-27/h2-3,7-8,10-13,22H,4-6,9,14-19H2,1H3,(H,26,29)/t22-/m0/s1. The lowest BCUT2D eigenvalue weighted by atomic mass is 9.98. The lowest BCUT2D eigenvalue weighted by molar-refractivity contribution is -0.126. The van der Waals surface area contributed by atoms with Crippen molar-refractivity contribution in [2.75, 3.05) is 33.3 Å². The SMILES string of the molecule is COc1ccc(S(=O)(=O)N2CCC[C@H](C(=O)NCc3ccccc3CN3CCCC3)C2)cc1. The minimum Gasteiger partial charge on any atom is -0.497 e. The minimum atomic E-state index is -3.65. The van der Waals surface area contributed by atoms with Crippen LogP contribution >= 0.6 is 0 Å². The number of benzene rings is 2. The van der Waals surface area contributed by atoms with Gasteiger partial charge in [0.05, 0.1) is 17.9 Å². The van der Waals surface area contributed by atoms with E-state index < -0.39 is 10.0 Å². The summed E-state index contributed by atoms with van der Waals surface area (Å²) in [7, 11) is -2.10. The smallest absolute Gasteiger partial charge is 0.243 e. The van der Waals surface area contributed by atoms with E-state index >= 15 is 0 Å². The summed E-state index contributed by atoms with van der Waals surface area (Å²) in [4.78, 5) is 15.6. The Morgan fingerprint density at radius 3 is 2.39 bits per heavy atom. The van der Waals surface area contributed by atoms with Crippen LogP contribution in [0.1, 0.15) is 36.8 Å². The second-order valence-corrected chi connectivity index (χ2v) is 10.8. The van der Waals surface area contributed by atoms with Crippen molar-refractivity contribution in [1.29, 1.82) is 0 Å². The molecular formula is C25H33N3O4S. The molecule has 1 amide bonds. The number of likely N-dealkylation sites (tertiary alicyclic amines) is 1. The van der Waals surface area contributed by atoms with Gasteiger partial charge in [-0.15, -0.1) is 0 Å². The molecule has 0 unspecified atom stereocenters. The van der Waals surface area contributed by atoms with Gasteiger partial charge in [-0.1, -0.05) is 24.3 Å². The number of amides is 1. The highest BCUT2D eigenvalue weighted by Crippen LogP contribution is 2.25. The van der Waals surface area contributed by atoms with Crippen molar-refractivity contribution < 1.29 is 17.9 Å². The summed E-state index contributed by atoms with van der Waals surface area (Å²) in [5.74, 6) is 0.174. The molecule has 0 aliphatic carbocycles. The summed E-state index contributed by atoms with van der Waals surface area (Å²) in [5, 5.41) is 3.07. The number of nitrogens with zero attached hydrogens (tertiary/aromatic N) is 2. The molecule has 4 rings (SSSR count). The third-order valence-corrected chi connectivity index (χ3v) is 8.50. The molecule has 178 valence electrons. The third-order valence-electron chi connectivity index (χ3n) is 6.62. The summed E-state index contributed by atoms with van der Waals surface area (Å²) < 4.78 is 32.7. The lowest BCUT2D eigenvalue weighted by Gasteiger charge is -2.31. The van der Waals surface area contributed by atoms with Crippen molar-refractivity contribution in [1.82, 2.24) is 14.5 Å². The van der Waals surface area contributed by atoms with Gasteiger partial charge in [-0.3, -0.25) is 9.69 Å². The molecule has 2 aromatic rings. The molecule has 2 aromatic carbocycles. The first-order chi connectivity index (χ1) is 16.0. The fourth-order valence-electron chi connectivity index (χ4n) is 4.66. The van der Waals surface area contributed by atoms with E-state index in [1.807, 2.05) is 12.1 Å². The quantitative estimate of drug-likeness (QED) is 0.640. The second kappa shape index (κ2) is 10.7. The number of rotatable bonds is 8. The molecule has 7 nitrogen and oxygen atoms in total. The zero-order valence-electron chi connectivity index (χ0n) is 19.2. The first kappa shape index (κ1) is 23.7. The van der Waals surface area contributed by atoms with Crippen LogP contribution in [0.3, 0.4) is 0 Å². The van der Waals surface area contributed by atoms with Gasteiger partial charge < -0.3 is 10.1 Å². The summed E-state index contributed by atoms with van der Waals surface area (Å²) >= 11 is 0. The maximum Gasteiger partial charge on any atom is 0.243 e.